The van der Waals surface area contributed by atoms with Crippen molar-refractivity contribution >= 4 is 11.6 Å². The minimum absolute atomic E-state index is 0. The number of Topliss-reactive ketones (excluding diaryl/α,β-unsaturated/α-hetero) is 2. The molecule has 0 radical (unpaired) electrons. The molecule has 4 heteroatoms. The summed E-state index contributed by atoms with van der Waals surface area (Å²) < 4.78 is 0. The first kappa shape index (κ1) is 16.2. The Labute approximate surface area is 80.3 Å². The zero-order valence-electron chi connectivity index (χ0n) is 5.81. The van der Waals surface area contributed by atoms with Gasteiger partial charge in [-0.1, -0.05) is 0 Å². The fourth-order valence-electron chi connectivity index (χ4n) is 0.286. The third-order valence-electron chi connectivity index (χ3n) is 0.407. The number of hydrogen-bond donors (Lipinski definition) is 0. The standard InChI is InChI=1S/C5H7O2.2Zn/c1-4(6)3-5(2)7;;/h3H,1-2H3;;/q-1;;. The van der Waals surface area contributed by atoms with Crippen molar-refractivity contribution in [2.45, 2.75) is 13.8 Å². The normalized spacial score (nSPS) is 6.00. The molecule has 0 bridgehead atoms. The van der Waals surface area contributed by atoms with Crippen molar-refractivity contribution in [2.24, 2.45) is 0 Å². The van der Waals surface area contributed by atoms with Gasteiger partial charge in [-0.15, -0.1) is 0 Å². The van der Waals surface area contributed by atoms with E-state index < -0.39 is 0 Å². The average molecular weight is 230 g/mol. The molecule has 0 heterocycles. The van der Waals surface area contributed by atoms with Gasteiger partial charge in [0.15, 0.2) is 0 Å². The molecule has 0 aliphatic carbocycles. The third-order valence-corrected chi connectivity index (χ3v) is 0.407. The molecule has 0 aromatic heterocycles. The van der Waals surface area contributed by atoms with Gasteiger partial charge in [0.2, 0.25) is 0 Å². The molecule has 9 heavy (non-hydrogen) atoms. The Morgan fingerprint density at radius 2 is 1.22 bits per heavy atom. The largest absolute Gasteiger partial charge is 0.334 e. The molecule has 2 nitrogen and oxygen atoms in total. The van der Waals surface area contributed by atoms with Crippen LogP contribution in [0.5, 0.6) is 0 Å². The summed E-state index contributed by atoms with van der Waals surface area (Å²) in [6.07, 6.45) is 1.06. The molecule has 0 fully saturated rings. The molecule has 0 unspecified atom stereocenters. The van der Waals surface area contributed by atoms with Crippen molar-refractivity contribution in [3.63, 3.8) is 0 Å². The molecule has 0 atom stereocenters. The van der Waals surface area contributed by atoms with E-state index in [0.717, 1.165) is 6.42 Å². The summed E-state index contributed by atoms with van der Waals surface area (Å²) in [4.78, 5) is 20.0. The van der Waals surface area contributed by atoms with Crippen LogP contribution in [0.25, 0.3) is 0 Å². The van der Waals surface area contributed by atoms with Gasteiger partial charge in [-0.2, -0.15) is 0 Å². The molecule has 0 spiro atoms. The van der Waals surface area contributed by atoms with Crippen LogP contribution in [0, 0.1) is 6.42 Å². The van der Waals surface area contributed by atoms with Crippen LogP contribution in [-0.4, -0.2) is 11.6 Å². The molecule has 0 aromatic rings. The molecule has 0 aliphatic rings. The monoisotopic (exact) mass is 227 g/mol. The Bertz CT molecular complexity index is 89.1. The molecular weight excluding hydrogens is 223 g/mol. The van der Waals surface area contributed by atoms with Gasteiger partial charge in [0, 0.05) is 50.5 Å². The topological polar surface area (TPSA) is 34.1 Å². The first-order valence-corrected chi connectivity index (χ1v) is 1.99. The van der Waals surface area contributed by atoms with Crippen molar-refractivity contribution in [1.29, 1.82) is 0 Å². The van der Waals surface area contributed by atoms with E-state index in [9.17, 15) is 9.59 Å². The number of carbonyl (C=O) groups excluding carboxylic acids is 2. The average Bonchev–Trinajstić information content (AvgIpc) is 1.27. The predicted octanol–water partition coefficient (Wildman–Crippen LogP) is 0.364. The Hall–Kier alpha value is 0.457. The second-order valence-corrected chi connectivity index (χ2v) is 1.37. The maximum absolute atomic E-state index is 9.98. The Morgan fingerprint density at radius 3 is 1.22 bits per heavy atom. The van der Waals surface area contributed by atoms with Gasteiger partial charge in [0.1, 0.15) is 0 Å². The molecule has 0 rings (SSSR count). The van der Waals surface area contributed by atoms with Crippen molar-refractivity contribution in [1.82, 2.24) is 0 Å². The molecular formula is C5H7O2Zn2-. The SMILES string of the molecule is CC(=O)[CH-]C(C)=O.[Zn].[Zn]. The summed E-state index contributed by atoms with van der Waals surface area (Å²) in [5, 5.41) is 0. The first-order valence-electron chi connectivity index (χ1n) is 1.99. The van der Waals surface area contributed by atoms with Gasteiger partial charge in [-0.3, -0.25) is 6.42 Å². The predicted molar refractivity (Wildman–Crippen MR) is 25.7 cm³/mol. The number of ketones is 2. The Balaban J connectivity index is -0.000000180. The Kier molecular flexibility index (Phi) is 15.2. The van der Waals surface area contributed by atoms with E-state index in [1.807, 2.05) is 0 Å². The van der Waals surface area contributed by atoms with Crippen LogP contribution in [-0.2, 0) is 48.5 Å². The van der Waals surface area contributed by atoms with E-state index in [4.69, 9.17) is 0 Å². The summed E-state index contributed by atoms with van der Waals surface area (Å²) in [5.41, 5.74) is 0. The minimum atomic E-state index is -0.187. The first-order chi connectivity index (χ1) is 3.13. The number of carbonyl (C=O) groups is 2. The van der Waals surface area contributed by atoms with Crippen LogP contribution in [0.2, 0.25) is 0 Å². The van der Waals surface area contributed by atoms with Crippen LogP contribution < -0.4 is 0 Å². The van der Waals surface area contributed by atoms with Gasteiger partial charge in [0.05, 0.1) is 0 Å². The zero-order valence-corrected chi connectivity index (χ0v) is 11.7. The Morgan fingerprint density at radius 1 is 1.00 bits per heavy atom. The second kappa shape index (κ2) is 8.46. The minimum Gasteiger partial charge on any atom is -0.334 e. The summed E-state index contributed by atoms with van der Waals surface area (Å²) in [7, 11) is 0. The van der Waals surface area contributed by atoms with Crippen molar-refractivity contribution < 1.29 is 48.5 Å². The summed E-state index contributed by atoms with van der Waals surface area (Å²) in [5.74, 6) is -0.375. The van der Waals surface area contributed by atoms with Crippen LogP contribution in [0.3, 0.4) is 0 Å². The molecule has 0 saturated carbocycles. The summed E-state index contributed by atoms with van der Waals surface area (Å²) in [6.45, 7) is 2.70. The maximum atomic E-state index is 9.98. The summed E-state index contributed by atoms with van der Waals surface area (Å²) >= 11 is 0. The van der Waals surface area contributed by atoms with Crippen LogP contribution in [0.1, 0.15) is 13.8 Å². The number of rotatable bonds is 2. The van der Waals surface area contributed by atoms with E-state index in [1.54, 1.807) is 0 Å². The van der Waals surface area contributed by atoms with Gasteiger partial charge >= 0.3 is 0 Å². The van der Waals surface area contributed by atoms with Gasteiger partial charge in [-0.05, 0) is 13.8 Å². The van der Waals surface area contributed by atoms with Gasteiger partial charge in [-0.25, -0.2) is 0 Å². The maximum Gasteiger partial charge on any atom is 0.00219 e. The van der Waals surface area contributed by atoms with Gasteiger partial charge < -0.3 is 9.59 Å². The van der Waals surface area contributed by atoms with E-state index in [2.05, 4.69) is 0 Å². The number of hydrogen-bond acceptors (Lipinski definition) is 2. The van der Waals surface area contributed by atoms with Crippen molar-refractivity contribution in [3.05, 3.63) is 6.42 Å². The second-order valence-electron chi connectivity index (χ2n) is 1.37. The van der Waals surface area contributed by atoms with E-state index >= 15 is 0 Å². The van der Waals surface area contributed by atoms with E-state index in [1.165, 1.54) is 13.8 Å². The van der Waals surface area contributed by atoms with Crippen LogP contribution >= 0.6 is 0 Å². The summed E-state index contributed by atoms with van der Waals surface area (Å²) in [6, 6.07) is 0. The zero-order chi connectivity index (χ0) is 5.86. The molecule has 44 valence electrons. The van der Waals surface area contributed by atoms with E-state index in [-0.39, 0.29) is 50.5 Å². The van der Waals surface area contributed by atoms with E-state index in [0.29, 0.717) is 0 Å². The van der Waals surface area contributed by atoms with Crippen molar-refractivity contribution in [3.8, 4) is 0 Å². The van der Waals surface area contributed by atoms with Crippen LogP contribution in [0.15, 0.2) is 0 Å². The molecule has 0 aliphatic heterocycles. The molecule has 0 amide bonds. The quantitative estimate of drug-likeness (QED) is 0.390. The fourth-order valence-corrected chi connectivity index (χ4v) is 0.286. The van der Waals surface area contributed by atoms with Crippen LogP contribution in [0.4, 0.5) is 0 Å². The molecule has 0 N–H and O–H groups in total. The van der Waals surface area contributed by atoms with Gasteiger partial charge in [0.25, 0.3) is 0 Å². The molecule has 0 aromatic carbocycles. The fraction of sp³-hybridized carbons (Fsp3) is 0.400. The van der Waals surface area contributed by atoms with Crippen molar-refractivity contribution in [2.75, 3.05) is 0 Å². The smallest absolute Gasteiger partial charge is 0.00219 e. The third kappa shape index (κ3) is 17.7. The molecule has 0 saturated heterocycles.